The number of nitrogens with one attached hydrogen (secondary N) is 3. The largest absolute Gasteiger partial charge is 0.335 e. The Labute approximate surface area is 151 Å². The molecule has 1 fully saturated rings. The van der Waals surface area contributed by atoms with Crippen molar-refractivity contribution in [3.05, 3.63) is 53.7 Å². The lowest BCUT2D eigenvalue weighted by Crippen LogP contribution is -2.32. The Morgan fingerprint density at radius 2 is 1.92 bits per heavy atom. The number of rotatable bonds is 5. The van der Waals surface area contributed by atoms with E-state index < -0.39 is 15.9 Å². The minimum atomic E-state index is -4.08. The number of amides is 3. The first-order valence-corrected chi connectivity index (χ1v) is 9.49. The third kappa shape index (κ3) is 4.57. The molecule has 0 radical (unpaired) electrons. The molecule has 0 spiro atoms. The van der Waals surface area contributed by atoms with Crippen LogP contribution in [0.2, 0.25) is 0 Å². The molecule has 3 amide bonds. The molecule has 3 N–H and O–H groups in total. The Bertz CT molecular complexity index is 955. The van der Waals surface area contributed by atoms with E-state index in [1.54, 1.807) is 25.1 Å². The van der Waals surface area contributed by atoms with Gasteiger partial charge in [0, 0.05) is 23.5 Å². The maximum Gasteiger partial charge on any atom is 0.319 e. The third-order valence-corrected chi connectivity index (χ3v) is 4.92. The van der Waals surface area contributed by atoms with E-state index in [4.69, 9.17) is 0 Å². The van der Waals surface area contributed by atoms with Gasteiger partial charge in [-0.05, 0) is 55.7 Å². The third-order valence-electron chi connectivity index (χ3n) is 3.69. The van der Waals surface area contributed by atoms with Gasteiger partial charge in [0.2, 0.25) is 0 Å². The first kappa shape index (κ1) is 17.9. The minimum Gasteiger partial charge on any atom is -0.335 e. The molecule has 0 aliphatic heterocycles. The van der Waals surface area contributed by atoms with Gasteiger partial charge in [-0.3, -0.25) is 4.79 Å². The van der Waals surface area contributed by atoms with Gasteiger partial charge < -0.3 is 10.6 Å². The summed E-state index contributed by atoms with van der Waals surface area (Å²) in [7, 11) is -4.08. The van der Waals surface area contributed by atoms with Crippen LogP contribution >= 0.6 is 0 Å². The highest BCUT2D eigenvalue weighted by Gasteiger charge is 2.23. The molecule has 1 aromatic carbocycles. The number of aromatic nitrogens is 1. The van der Waals surface area contributed by atoms with Gasteiger partial charge in [0.05, 0.1) is 0 Å². The molecule has 9 heteroatoms. The average Bonchev–Trinajstić information content (AvgIpc) is 3.38. The second-order valence-electron chi connectivity index (χ2n) is 6.06. The SMILES string of the molecule is Cc1ccnc(S(=O)(=O)NC(=O)c2cccc(NC(=O)NC3CC3)c2)c1. The number of pyridine rings is 1. The zero-order valence-electron chi connectivity index (χ0n) is 14.0. The Morgan fingerprint density at radius 3 is 2.62 bits per heavy atom. The van der Waals surface area contributed by atoms with Crippen molar-refractivity contribution in [2.24, 2.45) is 0 Å². The van der Waals surface area contributed by atoms with Crippen molar-refractivity contribution >= 4 is 27.6 Å². The summed E-state index contributed by atoms with van der Waals surface area (Å²) in [4.78, 5) is 27.8. The highest BCUT2D eigenvalue weighted by molar-refractivity contribution is 7.90. The van der Waals surface area contributed by atoms with Crippen LogP contribution in [-0.4, -0.2) is 31.4 Å². The highest BCUT2D eigenvalue weighted by Crippen LogP contribution is 2.19. The van der Waals surface area contributed by atoms with Crippen LogP contribution < -0.4 is 15.4 Å². The predicted octanol–water partition coefficient (Wildman–Crippen LogP) is 1.79. The van der Waals surface area contributed by atoms with Crippen LogP contribution in [0.15, 0.2) is 47.6 Å². The van der Waals surface area contributed by atoms with Crippen LogP contribution in [0, 0.1) is 6.92 Å². The normalized spacial score (nSPS) is 13.7. The van der Waals surface area contributed by atoms with Crippen LogP contribution in [0.4, 0.5) is 10.5 Å². The van der Waals surface area contributed by atoms with Gasteiger partial charge in [-0.2, -0.15) is 8.42 Å². The summed E-state index contributed by atoms with van der Waals surface area (Å²) >= 11 is 0. The lowest BCUT2D eigenvalue weighted by molar-refractivity contribution is 0.0981. The number of carbonyl (C=O) groups is 2. The van der Waals surface area contributed by atoms with Crippen LogP contribution in [-0.2, 0) is 10.0 Å². The number of sulfonamides is 1. The van der Waals surface area contributed by atoms with E-state index in [9.17, 15) is 18.0 Å². The van der Waals surface area contributed by atoms with E-state index in [2.05, 4.69) is 15.6 Å². The van der Waals surface area contributed by atoms with Crippen molar-refractivity contribution in [3.63, 3.8) is 0 Å². The fraction of sp³-hybridized carbons (Fsp3) is 0.235. The number of carbonyl (C=O) groups excluding carboxylic acids is 2. The Kier molecular flexibility index (Phi) is 4.90. The molecule has 1 saturated carbocycles. The molecule has 0 unspecified atom stereocenters. The topological polar surface area (TPSA) is 117 Å². The van der Waals surface area contributed by atoms with Crippen LogP contribution in [0.1, 0.15) is 28.8 Å². The van der Waals surface area contributed by atoms with E-state index in [0.29, 0.717) is 11.3 Å². The molecular formula is C17H18N4O4S. The molecule has 8 nitrogen and oxygen atoms in total. The summed E-state index contributed by atoms with van der Waals surface area (Å²) in [6.07, 6.45) is 3.28. The number of benzene rings is 1. The fourth-order valence-electron chi connectivity index (χ4n) is 2.21. The van der Waals surface area contributed by atoms with Crippen molar-refractivity contribution < 1.29 is 18.0 Å². The van der Waals surface area contributed by atoms with Gasteiger partial charge in [0.25, 0.3) is 15.9 Å². The van der Waals surface area contributed by atoms with Crippen molar-refractivity contribution in [3.8, 4) is 0 Å². The molecule has 2 aromatic rings. The molecule has 136 valence electrons. The van der Waals surface area contributed by atoms with E-state index in [1.807, 2.05) is 4.72 Å². The van der Waals surface area contributed by atoms with Gasteiger partial charge in [0.1, 0.15) is 0 Å². The number of hydrogen-bond donors (Lipinski definition) is 3. The molecule has 0 atom stereocenters. The molecule has 0 saturated heterocycles. The van der Waals surface area contributed by atoms with Gasteiger partial charge >= 0.3 is 6.03 Å². The standard InChI is InChI=1S/C17H18N4O4S/c1-11-7-8-18-15(9-11)26(24,25)21-16(22)12-3-2-4-14(10-12)20-17(23)19-13-5-6-13/h2-4,7-10,13H,5-6H2,1H3,(H,21,22)(H2,19,20,23). The molecule has 1 aliphatic carbocycles. The lowest BCUT2D eigenvalue weighted by atomic mass is 10.2. The van der Waals surface area contributed by atoms with Crippen molar-refractivity contribution in [2.45, 2.75) is 30.8 Å². The molecular weight excluding hydrogens is 356 g/mol. The summed E-state index contributed by atoms with van der Waals surface area (Å²) in [6.45, 7) is 1.73. The molecule has 26 heavy (non-hydrogen) atoms. The zero-order valence-corrected chi connectivity index (χ0v) is 14.8. The summed E-state index contributed by atoms with van der Waals surface area (Å²) in [5, 5.41) is 5.15. The van der Waals surface area contributed by atoms with E-state index >= 15 is 0 Å². The maximum absolute atomic E-state index is 12.3. The van der Waals surface area contributed by atoms with E-state index in [0.717, 1.165) is 12.8 Å². The number of nitrogens with zero attached hydrogens (tertiary/aromatic N) is 1. The monoisotopic (exact) mass is 374 g/mol. The van der Waals surface area contributed by atoms with Crippen molar-refractivity contribution in [2.75, 3.05) is 5.32 Å². The number of anilines is 1. The van der Waals surface area contributed by atoms with Gasteiger partial charge in [-0.25, -0.2) is 14.5 Å². The van der Waals surface area contributed by atoms with Crippen LogP contribution in [0.3, 0.4) is 0 Å². The first-order valence-electron chi connectivity index (χ1n) is 8.01. The summed E-state index contributed by atoms with van der Waals surface area (Å²) < 4.78 is 26.6. The molecule has 1 aromatic heterocycles. The predicted molar refractivity (Wildman–Crippen MR) is 95.2 cm³/mol. The van der Waals surface area contributed by atoms with Gasteiger partial charge in [-0.15, -0.1) is 0 Å². The van der Waals surface area contributed by atoms with E-state index in [-0.39, 0.29) is 22.7 Å². The molecule has 1 heterocycles. The smallest absolute Gasteiger partial charge is 0.319 e. The van der Waals surface area contributed by atoms with E-state index in [1.165, 1.54) is 24.4 Å². The van der Waals surface area contributed by atoms with Gasteiger partial charge in [0.15, 0.2) is 5.03 Å². The van der Waals surface area contributed by atoms with Crippen LogP contribution in [0.5, 0.6) is 0 Å². The Hall–Kier alpha value is -2.94. The summed E-state index contributed by atoms with van der Waals surface area (Å²) in [5.41, 5.74) is 1.20. The highest BCUT2D eigenvalue weighted by atomic mass is 32.2. The zero-order chi connectivity index (χ0) is 18.7. The van der Waals surface area contributed by atoms with Crippen molar-refractivity contribution in [1.82, 2.24) is 15.0 Å². The molecule has 0 bridgehead atoms. The second kappa shape index (κ2) is 7.12. The van der Waals surface area contributed by atoms with Crippen LogP contribution in [0.25, 0.3) is 0 Å². The average molecular weight is 374 g/mol. The number of urea groups is 1. The first-order chi connectivity index (χ1) is 12.3. The maximum atomic E-state index is 12.3. The number of hydrogen-bond acceptors (Lipinski definition) is 5. The lowest BCUT2D eigenvalue weighted by Gasteiger charge is -2.09. The summed E-state index contributed by atoms with van der Waals surface area (Å²) in [6, 6.07) is 8.90. The Balaban J connectivity index is 1.71. The Morgan fingerprint density at radius 1 is 1.15 bits per heavy atom. The molecule has 1 aliphatic rings. The number of aryl methyl sites for hydroxylation is 1. The summed E-state index contributed by atoms with van der Waals surface area (Å²) in [5.74, 6) is -0.806. The second-order valence-corrected chi connectivity index (χ2v) is 7.69. The van der Waals surface area contributed by atoms with Crippen molar-refractivity contribution in [1.29, 1.82) is 0 Å². The minimum absolute atomic E-state index is 0.102. The fourth-order valence-corrected chi connectivity index (χ4v) is 3.21. The quantitative estimate of drug-likeness (QED) is 0.738. The van der Waals surface area contributed by atoms with Gasteiger partial charge in [-0.1, -0.05) is 6.07 Å². The molecule has 3 rings (SSSR count).